The molecule has 1 rings (SSSR count). The van der Waals surface area contributed by atoms with Crippen molar-refractivity contribution in [3.63, 3.8) is 0 Å². The van der Waals surface area contributed by atoms with E-state index in [9.17, 15) is 5.11 Å². The first-order valence-corrected chi connectivity index (χ1v) is 4.02. The van der Waals surface area contributed by atoms with Crippen LogP contribution in [0.2, 0.25) is 0 Å². The maximum Gasteiger partial charge on any atom is 0.0861 e. The molecule has 0 saturated heterocycles. The molecule has 0 bridgehead atoms. The van der Waals surface area contributed by atoms with Crippen LogP contribution in [0.4, 0.5) is 0 Å². The van der Waals surface area contributed by atoms with Gasteiger partial charge in [0.15, 0.2) is 0 Å². The summed E-state index contributed by atoms with van der Waals surface area (Å²) in [5, 5.41) is 17.2. The van der Waals surface area contributed by atoms with Gasteiger partial charge in [0.2, 0.25) is 0 Å². The lowest BCUT2D eigenvalue weighted by Gasteiger charge is -2.25. The topological polar surface area (TPSA) is 70.1 Å². The standard InChI is InChI=1S/C10H14N2O/c1-6-4-9(12)7(5-8(6)11)10(2,3)13/h4-5,11,13H,1,12H2,2-3H3. The van der Waals surface area contributed by atoms with Crippen molar-refractivity contribution in [2.75, 3.05) is 0 Å². The highest BCUT2D eigenvalue weighted by Gasteiger charge is 2.24. The lowest BCUT2D eigenvalue weighted by atomic mass is 9.88. The van der Waals surface area contributed by atoms with Crippen LogP contribution in [-0.2, 0) is 0 Å². The first kappa shape index (κ1) is 9.74. The van der Waals surface area contributed by atoms with Crippen molar-refractivity contribution >= 4 is 5.71 Å². The highest BCUT2D eigenvalue weighted by Crippen LogP contribution is 2.25. The highest BCUT2D eigenvalue weighted by atomic mass is 16.3. The Bertz CT molecular complexity index is 329. The molecule has 0 spiro atoms. The number of rotatable bonds is 1. The lowest BCUT2D eigenvalue weighted by Crippen LogP contribution is -2.28. The molecule has 1 aliphatic carbocycles. The maximum atomic E-state index is 9.70. The maximum absolute atomic E-state index is 9.70. The highest BCUT2D eigenvalue weighted by molar-refractivity contribution is 6.10. The van der Waals surface area contributed by atoms with Crippen molar-refractivity contribution in [2.24, 2.45) is 5.73 Å². The van der Waals surface area contributed by atoms with Gasteiger partial charge in [-0.1, -0.05) is 6.58 Å². The second kappa shape index (κ2) is 2.85. The smallest absolute Gasteiger partial charge is 0.0861 e. The fourth-order valence-corrected chi connectivity index (χ4v) is 1.19. The first-order chi connectivity index (χ1) is 5.82. The molecule has 0 fully saturated rings. The van der Waals surface area contributed by atoms with Gasteiger partial charge in [-0.25, -0.2) is 0 Å². The minimum Gasteiger partial charge on any atom is -0.398 e. The zero-order valence-electron chi connectivity index (χ0n) is 7.89. The van der Waals surface area contributed by atoms with E-state index in [1.807, 2.05) is 0 Å². The molecule has 3 heteroatoms. The molecule has 0 aromatic carbocycles. The Morgan fingerprint density at radius 1 is 1.46 bits per heavy atom. The van der Waals surface area contributed by atoms with Gasteiger partial charge < -0.3 is 16.2 Å². The average molecular weight is 178 g/mol. The van der Waals surface area contributed by atoms with E-state index in [0.717, 1.165) is 0 Å². The minimum atomic E-state index is -1.01. The quantitative estimate of drug-likeness (QED) is 0.563. The van der Waals surface area contributed by atoms with Gasteiger partial charge in [-0.2, -0.15) is 0 Å². The second-order valence-electron chi connectivity index (χ2n) is 3.66. The van der Waals surface area contributed by atoms with Crippen molar-refractivity contribution in [1.29, 1.82) is 5.41 Å². The largest absolute Gasteiger partial charge is 0.398 e. The summed E-state index contributed by atoms with van der Waals surface area (Å²) in [5.41, 5.74) is 6.61. The van der Waals surface area contributed by atoms with Gasteiger partial charge in [-0.3, -0.25) is 0 Å². The van der Waals surface area contributed by atoms with Crippen LogP contribution in [0.15, 0.2) is 35.6 Å². The number of aliphatic hydroxyl groups is 1. The Balaban J connectivity index is 3.14. The number of nitrogens with one attached hydrogen (secondary N) is 1. The van der Waals surface area contributed by atoms with E-state index in [2.05, 4.69) is 6.58 Å². The van der Waals surface area contributed by atoms with Crippen LogP contribution in [-0.4, -0.2) is 16.4 Å². The molecule has 0 atom stereocenters. The van der Waals surface area contributed by atoms with Crippen molar-refractivity contribution in [3.8, 4) is 0 Å². The summed E-state index contributed by atoms with van der Waals surface area (Å²) in [6, 6.07) is 0. The summed E-state index contributed by atoms with van der Waals surface area (Å²) >= 11 is 0. The molecule has 1 aliphatic rings. The van der Waals surface area contributed by atoms with E-state index in [-0.39, 0.29) is 0 Å². The SMILES string of the molecule is C=C1C=C(N)C(C(C)(C)O)=CC1=N. The second-order valence-corrected chi connectivity index (χ2v) is 3.66. The van der Waals surface area contributed by atoms with Gasteiger partial charge in [0.25, 0.3) is 0 Å². The molecule has 0 aliphatic heterocycles. The van der Waals surface area contributed by atoms with E-state index < -0.39 is 5.60 Å². The number of nitrogens with two attached hydrogens (primary N) is 1. The first-order valence-electron chi connectivity index (χ1n) is 4.02. The van der Waals surface area contributed by atoms with Gasteiger partial charge in [-0.05, 0) is 31.6 Å². The monoisotopic (exact) mass is 178 g/mol. The predicted octanol–water partition coefficient (Wildman–Crippen LogP) is 1.12. The fraction of sp³-hybridized carbons (Fsp3) is 0.300. The van der Waals surface area contributed by atoms with Gasteiger partial charge in [0, 0.05) is 11.3 Å². The average Bonchev–Trinajstić information content (AvgIpc) is 1.94. The molecule has 0 heterocycles. The Kier molecular flexibility index (Phi) is 2.14. The summed E-state index contributed by atoms with van der Waals surface area (Å²) < 4.78 is 0. The van der Waals surface area contributed by atoms with Crippen LogP contribution >= 0.6 is 0 Å². The number of allylic oxidation sites excluding steroid dienone is 3. The van der Waals surface area contributed by atoms with Crippen molar-refractivity contribution < 1.29 is 5.11 Å². The molecule has 3 nitrogen and oxygen atoms in total. The molecule has 0 unspecified atom stereocenters. The summed E-state index contributed by atoms with van der Waals surface area (Å²) in [6.45, 7) is 6.93. The van der Waals surface area contributed by atoms with Crippen molar-refractivity contribution in [3.05, 3.63) is 35.6 Å². The molecular formula is C10H14N2O. The fourth-order valence-electron chi connectivity index (χ4n) is 1.19. The normalized spacial score (nSPS) is 18.4. The predicted molar refractivity (Wildman–Crippen MR) is 53.5 cm³/mol. The number of hydrogen-bond donors (Lipinski definition) is 3. The third-order valence-corrected chi connectivity index (χ3v) is 1.93. The van der Waals surface area contributed by atoms with E-state index in [0.29, 0.717) is 22.6 Å². The Labute approximate surface area is 77.8 Å². The van der Waals surface area contributed by atoms with Gasteiger partial charge in [0.1, 0.15) is 0 Å². The Morgan fingerprint density at radius 2 is 2.00 bits per heavy atom. The van der Waals surface area contributed by atoms with Crippen LogP contribution in [0.3, 0.4) is 0 Å². The number of hydrogen-bond acceptors (Lipinski definition) is 3. The van der Waals surface area contributed by atoms with Gasteiger partial charge in [-0.15, -0.1) is 0 Å². The van der Waals surface area contributed by atoms with Crippen LogP contribution in [0.25, 0.3) is 0 Å². The third-order valence-electron chi connectivity index (χ3n) is 1.93. The van der Waals surface area contributed by atoms with Crippen LogP contribution in [0.1, 0.15) is 13.8 Å². The van der Waals surface area contributed by atoms with Crippen molar-refractivity contribution in [2.45, 2.75) is 19.4 Å². The molecule has 0 aromatic rings. The van der Waals surface area contributed by atoms with Crippen LogP contribution in [0.5, 0.6) is 0 Å². The molecular weight excluding hydrogens is 164 g/mol. The van der Waals surface area contributed by atoms with Crippen LogP contribution in [0, 0.1) is 5.41 Å². The molecule has 0 aromatic heterocycles. The summed E-state index contributed by atoms with van der Waals surface area (Å²) in [7, 11) is 0. The molecule has 4 N–H and O–H groups in total. The Morgan fingerprint density at radius 3 is 2.46 bits per heavy atom. The van der Waals surface area contributed by atoms with E-state index in [1.54, 1.807) is 26.0 Å². The van der Waals surface area contributed by atoms with Crippen LogP contribution < -0.4 is 5.73 Å². The molecule has 13 heavy (non-hydrogen) atoms. The lowest BCUT2D eigenvalue weighted by molar-refractivity contribution is 0.122. The van der Waals surface area contributed by atoms with E-state index >= 15 is 0 Å². The minimum absolute atomic E-state index is 0.298. The van der Waals surface area contributed by atoms with Crippen molar-refractivity contribution in [1.82, 2.24) is 0 Å². The van der Waals surface area contributed by atoms with E-state index in [4.69, 9.17) is 11.1 Å². The molecule has 0 radical (unpaired) electrons. The molecule has 70 valence electrons. The summed E-state index contributed by atoms with van der Waals surface area (Å²) in [5.74, 6) is 0. The summed E-state index contributed by atoms with van der Waals surface area (Å²) in [6.07, 6.45) is 3.16. The van der Waals surface area contributed by atoms with Gasteiger partial charge in [0.05, 0.1) is 11.3 Å². The third kappa shape index (κ3) is 1.87. The molecule has 0 amide bonds. The molecule has 0 saturated carbocycles. The summed E-state index contributed by atoms with van der Waals surface area (Å²) in [4.78, 5) is 0. The zero-order chi connectivity index (χ0) is 10.2. The zero-order valence-corrected chi connectivity index (χ0v) is 7.89. The van der Waals surface area contributed by atoms with E-state index in [1.165, 1.54) is 0 Å². The van der Waals surface area contributed by atoms with Gasteiger partial charge >= 0.3 is 0 Å². The Hall–Kier alpha value is -1.35.